The number of benzene rings is 1. The van der Waals surface area contributed by atoms with E-state index in [1.54, 1.807) is 12.1 Å². The smallest absolute Gasteiger partial charge is 0.292 e. The summed E-state index contributed by atoms with van der Waals surface area (Å²) in [7, 11) is 0. The Balaban J connectivity index is 1.58. The molecule has 2 N–H and O–H groups in total. The summed E-state index contributed by atoms with van der Waals surface area (Å²) in [4.78, 5) is 26.7. The van der Waals surface area contributed by atoms with Crippen LogP contribution in [0.2, 0.25) is 0 Å². The summed E-state index contributed by atoms with van der Waals surface area (Å²) in [6.07, 6.45) is 3.97. The van der Waals surface area contributed by atoms with E-state index in [0.29, 0.717) is 21.8 Å². The van der Waals surface area contributed by atoms with Crippen LogP contribution in [0.15, 0.2) is 51.6 Å². The maximum Gasteiger partial charge on any atom is 0.292 e. The molecule has 144 valence electrons. The van der Waals surface area contributed by atoms with E-state index in [-0.39, 0.29) is 17.6 Å². The van der Waals surface area contributed by atoms with Gasteiger partial charge in [-0.25, -0.2) is 0 Å². The molecule has 2 amide bonds. The molecule has 0 atom stereocenters. The Morgan fingerprint density at radius 2 is 1.82 bits per heavy atom. The summed E-state index contributed by atoms with van der Waals surface area (Å²) >= 11 is 4.70. The second kappa shape index (κ2) is 8.32. The molecule has 2 aromatic heterocycles. The highest BCUT2D eigenvalue weighted by Crippen LogP contribution is 2.38. The number of rotatable bonds is 5. The first-order valence-electron chi connectivity index (χ1n) is 9.15. The molecule has 1 aliphatic carbocycles. The SMILES string of the molecule is O=C(Nc1sc2c(c1C(=O)NCc1ccccc1)CCCC2)c1ccc(Br)o1. The predicted octanol–water partition coefficient (Wildman–Crippen LogP) is 5.16. The third-order valence-electron chi connectivity index (χ3n) is 4.72. The van der Waals surface area contributed by atoms with Gasteiger partial charge in [0.2, 0.25) is 0 Å². The van der Waals surface area contributed by atoms with Gasteiger partial charge in [-0.1, -0.05) is 30.3 Å². The van der Waals surface area contributed by atoms with E-state index in [1.807, 2.05) is 30.3 Å². The third-order valence-corrected chi connectivity index (χ3v) is 6.35. The van der Waals surface area contributed by atoms with Crippen LogP contribution >= 0.6 is 27.3 Å². The number of hydrogen-bond acceptors (Lipinski definition) is 4. The lowest BCUT2D eigenvalue weighted by Crippen LogP contribution is -2.25. The first-order valence-corrected chi connectivity index (χ1v) is 10.8. The first kappa shape index (κ1) is 19.0. The Hall–Kier alpha value is -2.38. The Morgan fingerprint density at radius 1 is 1.04 bits per heavy atom. The minimum absolute atomic E-state index is 0.154. The minimum Gasteiger partial charge on any atom is -0.444 e. The van der Waals surface area contributed by atoms with Crippen LogP contribution in [0.4, 0.5) is 5.00 Å². The average Bonchev–Trinajstić information content (AvgIpc) is 3.30. The molecular weight excluding hydrogens is 440 g/mol. The average molecular weight is 459 g/mol. The van der Waals surface area contributed by atoms with E-state index < -0.39 is 0 Å². The zero-order chi connectivity index (χ0) is 19.5. The molecule has 0 spiro atoms. The number of halogens is 1. The molecule has 0 saturated heterocycles. The number of fused-ring (bicyclic) bond motifs is 1. The molecule has 2 heterocycles. The number of hydrogen-bond donors (Lipinski definition) is 2. The molecule has 0 saturated carbocycles. The fourth-order valence-corrected chi connectivity index (χ4v) is 4.95. The van der Waals surface area contributed by atoms with E-state index in [9.17, 15) is 9.59 Å². The lowest BCUT2D eigenvalue weighted by molar-refractivity contribution is 0.0951. The van der Waals surface area contributed by atoms with E-state index in [0.717, 1.165) is 36.8 Å². The van der Waals surface area contributed by atoms with Crippen LogP contribution < -0.4 is 10.6 Å². The topological polar surface area (TPSA) is 71.3 Å². The molecule has 1 aromatic carbocycles. The van der Waals surface area contributed by atoms with Crippen LogP contribution in [0, 0.1) is 0 Å². The Bertz CT molecular complexity index is 1010. The van der Waals surface area contributed by atoms with Crippen LogP contribution in [-0.2, 0) is 19.4 Å². The van der Waals surface area contributed by atoms with Gasteiger partial charge in [-0.3, -0.25) is 9.59 Å². The molecule has 3 aromatic rings. The first-order chi connectivity index (χ1) is 13.6. The summed E-state index contributed by atoms with van der Waals surface area (Å²) < 4.78 is 5.82. The van der Waals surface area contributed by atoms with Crippen molar-refractivity contribution < 1.29 is 14.0 Å². The van der Waals surface area contributed by atoms with Crippen LogP contribution in [0.1, 0.15) is 49.8 Å². The zero-order valence-electron chi connectivity index (χ0n) is 15.1. The van der Waals surface area contributed by atoms with Crippen molar-refractivity contribution in [2.45, 2.75) is 32.2 Å². The van der Waals surface area contributed by atoms with Gasteiger partial charge in [0.1, 0.15) is 5.00 Å². The van der Waals surface area contributed by atoms with Crippen LogP contribution in [0.25, 0.3) is 0 Å². The third kappa shape index (κ3) is 4.05. The van der Waals surface area contributed by atoms with Crippen LogP contribution in [0.3, 0.4) is 0 Å². The standard InChI is InChI=1S/C21H19BrN2O3S/c22-17-11-10-15(27-17)19(25)24-21-18(14-8-4-5-9-16(14)28-21)20(26)23-12-13-6-2-1-3-7-13/h1-3,6-7,10-11H,4-5,8-9,12H2,(H,23,26)(H,24,25). The quantitative estimate of drug-likeness (QED) is 0.554. The summed E-state index contributed by atoms with van der Waals surface area (Å²) in [6, 6.07) is 13.1. The summed E-state index contributed by atoms with van der Waals surface area (Å²) in [5.74, 6) is -0.311. The van der Waals surface area contributed by atoms with E-state index in [1.165, 1.54) is 16.2 Å². The van der Waals surface area contributed by atoms with Gasteiger partial charge in [0.15, 0.2) is 10.4 Å². The van der Waals surface area contributed by atoms with Crippen molar-refractivity contribution in [1.82, 2.24) is 5.32 Å². The molecule has 4 rings (SSSR count). The van der Waals surface area contributed by atoms with Crippen molar-refractivity contribution in [2.24, 2.45) is 0 Å². The molecule has 0 bridgehead atoms. The number of thiophene rings is 1. The number of aryl methyl sites for hydroxylation is 1. The molecule has 0 fully saturated rings. The van der Waals surface area contributed by atoms with Gasteiger partial charge in [0.25, 0.3) is 11.8 Å². The van der Waals surface area contributed by atoms with Gasteiger partial charge in [0.05, 0.1) is 5.56 Å². The highest BCUT2D eigenvalue weighted by Gasteiger charge is 2.27. The fraction of sp³-hybridized carbons (Fsp3) is 0.238. The van der Waals surface area contributed by atoms with Gasteiger partial charge in [-0.2, -0.15) is 0 Å². The molecule has 5 nitrogen and oxygen atoms in total. The number of carbonyl (C=O) groups is 2. The van der Waals surface area contributed by atoms with Crippen molar-refractivity contribution in [3.63, 3.8) is 0 Å². The van der Waals surface area contributed by atoms with Crippen molar-refractivity contribution in [2.75, 3.05) is 5.32 Å². The lowest BCUT2D eigenvalue weighted by Gasteiger charge is -2.13. The van der Waals surface area contributed by atoms with Crippen molar-refractivity contribution in [3.05, 3.63) is 74.5 Å². The predicted molar refractivity (Wildman–Crippen MR) is 113 cm³/mol. The van der Waals surface area contributed by atoms with Gasteiger partial charge in [0, 0.05) is 11.4 Å². The van der Waals surface area contributed by atoms with E-state index in [2.05, 4.69) is 26.6 Å². The van der Waals surface area contributed by atoms with E-state index >= 15 is 0 Å². The van der Waals surface area contributed by atoms with Gasteiger partial charge in [-0.15, -0.1) is 11.3 Å². The summed E-state index contributed by atoms with van der Waals surface area (Å²) in [5.41, 5.74) is 2.69. The molecule has 0 aliphatic heterocycles. The van der Waals surface area contributed by atoms with E-state index in [4.69, 9.17) is 4.42 Å². The minimum atomic E-state index is -0.360. The second-order valence-corrected chi connectivity index (χ2v) is 8.53. The number of carbonyl (C=O) groups excluding carboxylic acids is 2. The number of amides is 2. The molecule has 0 radical (unpaired) electrons. The number of nitrogens with one attached hydrogen (secondary N) is 2. The molecule has 1 aliphatic rings. The van der Waals surface area contributed by atoms with Crippen molar-refractivity contribution in [3.8, 4) is 0 Å². The number of anilines is 1. The van der Waals surface area contributed by atoms with Gasteiger partial charge >= 0.3 is 0 Å². The largest absolute Gasteiger partial charge is 0.444 e. The molecule has 7 heteroatoms. The Kier molecular flexibility index (Phi) is 5.64. The molecular formula is C21H19BrN2O3S. The van der Waals surface area contributed by atoms with Gasteiger partial charge < -0.3 is 15.1 Å². The summed E-state index contributed by atoms with van der Waals surface area (Å²) in [5, 5.41) is 6.47. The highest BCUT2D eigenvalue weighted by molar-refractivity contribution is 9.10. The normalized spacial score (nSPS) is 13.0. The molecule has 28 heavy (non-hydrogen) atoms. The van der Waals surface area contributed by atoms with Crippen LogP contribution in [-0.4, -0.2) is 11.8 Å². The Morgan fingerprint density at radius 3 is 2.57 bits per heavy atom. The van der Waals surface area contributed by atoms with Crippen LogP contribution in [0.5, 0.6) is 0 Å². The monoisotopic (exact) mass is 458 g/mol. The number of furan rings is 1. The second-order valence-electron chi connectivity index (χ2n) is 6.64. The van der Waals surface area contributed by atoms with Crippen molar-refractivity contribution in [1.29, 1.82) is 0 Å². The lowest BCUT2D eigenvalue weighted by atomic mass is 9.95. The van der Waals surface area contributed by atoms with Crippen molar-refractivity contribution >= 4 is 44.1 Å². The Labute approximate surface area is 175 Å². The zero-order valence-corrected chi connectivity index (χ0v) is 17.5. The summed E-state index contributed by atoms with van der Waals surface area (Å²) in [6.45, 7) is 0.447. The fourth-order valence-electron chi connectivity index (χ4n) is 3.36. The maximum absolute atomic E-state index is 13.0. The maximum atomic E-state index is 13.0. The van der Waals surface area contributed by atoms with Gasteiger partial charge in [-0.05, 0) is 64.9 Å². The highest BCUT2D eigenvalue weighted by atomic mass is 79.9. The molecule has 0 unspecified atom stereocenters.